The molecule has 9 aromatic rings. The van der Waals surface area contributed by atoms with Crippen LogP contribution in [0.25, 0.3) is 89.7 Å². The van der Waals surface area contributed by atoms with Gasteiger partial charge in [0.25, 0.3) is 0 Å². The third-order valence-corrected chi connectivity index (χ3v) is 9.22. The highest BCUT2D eigenvalue weighted by atomic mass is 14.9. The average Bonchev–Trinajstić information content (AvgIpc) is 3.24. The monoisotopic (exact) mass is 665 g/mol. The first-order valence-corrected chi connectivity index (χ1v) is 17.2. The van der Waals surface area contributed by atoms with Crippen molar-refractivity contribution in [3.63, 3.8) is 0 Å². The van der Waals surface area contributed by atoms with Crippen LogP contribution < -0.4 is 0 Å². The summed E-state index contributed by atoms with van der Waals surface area (Å²) in [7, 11) is 0. The van der Waals surface area contributed by atoms with Gasteiger partial charge in [0, 0.05) is 40.0 Å². The topological polar surface area (TPSA) is 64.5 Å². The maximum Gasteiger partial charge on any atom is 0.160 e. The van der Waals surface area contributed by atoms with E-state index in [1.807, 2.05) is 91.3 Å². The van der Waals surface area contributed by atoms with Gasteiger partial charge in [-0.05, 0) is 52.4 Å². The van der Waals surface area contributed by atoms with E-state index in [9.17, 15) is 0 Å². The number of hydrogen-bond acceptors (Lipinski definition) is 5. The minimum Gasteiger partial charge on any atom is -0.254 e. The van der Waals surface area contributed by atoms with Gasteiger partial charge in [0.1, 0.15) is 0 Å². The molecule has 5 aromatic carbocycles. The van der Waals surface area contributed by atoms with Crippen molar-refractivity contribution in [1.29, 1.82) is 0 Å². The van der Waals surface area contributed by atoms with Crippen LogP contribution in [0.2, 0.25) is 0 Å². The summed E-state index contributed by atoms with van der Waals surface area (Å²) < 4.78 is 0. The van der Waals surface area contributed by atoms with Gasteiger partial charge in [0.05, 0.1) is 34.2 Å². The van der Waals surface area contributed by atoms with E-state index in [0.717, 1.165) is 83.9 Å². The van der Waals surface area contributed by atoms with Crippen LogP contribution >= 0.6 is 0 Å². The van der Waals surface area contributed by atoms with Gasteiger partial charge in [-0.25, -0.2) is 15.0 Å². The largest absolute Gasteiger partial charge is 0.254 e. The first-order valence-electron chi connectivity index (χ1n) is 17.2. The molecule has 4 aromatic heterocycles. The highest BCUT2D eigenvalue weighted by molar-refractivity contribution is 5.94. The van der Waals surface area contributed by atoms with E-state index >= 15 is 0 Å². The van der Waals surface area contributed by atoms with E-state index in [2.05, 4.69) is 97.1 Å². The lowest BCUT2D eigenvalue weighted by molar-refractivity contribution is 1.18. The van der Waals surface area contributed by atoms with E-state index < -0.39 is 0 Å². The van der Waals surface area contributed by atoms with Crippen LogP contribution in [0.15, 0.2) is 188 Å². The second-order valence-electron chi connectivity index (χ2n) is 12.6. The summed E-state index contributed by atoms with van der Waals surface area (Å²) in [6, 6.07) is 60.0. The van der Waals surface area contributed by atoms with Gasteiger partial charge < -0.3 is 0 Å². The Kier molecular flexibility index (Phi) is 8.12. The average molecular weight is 666 g/mol. The molecule has 0 aliphatic rings. The quantitative estimate of drug-likeness (QED) is 0.169. The normalized spacial score (nSPS) is 11.1. The predicted molar refractivity (Wildman–Crippen MR) is 211 cm³/mol. The molecular formula is C47H31N5. The number of pyridine rings is 3. The summed E-state index contributed by atoms with van der Waals surface area (Å²) in [5, 5.41) is 2.19. The fourth-order valence-corrected chi connectivity index (χ4v) is 6.52. The number of hydrogen-bond donors (Lipinski definition) is 0. The summed E-state index contributed by atoms with van der Waals surface area (Å²) in [6.07, 6.45) is 3.77. The smallest absolute Gasteiger partial charge is 0.160 e. The highest BCUT2D eigenvalue weighted by Gasteiger charge is 2.14. The highest BCUT2D eigenvalue weighted by Crippen LogP contribution is 2.33. The summed E-state index contributed by atoms with van der Waals surface area (Å²) >= 11 is 0. The molecule has 0 N–H and O–H groups in total. The van der Waals surface area contributed by atoms with E-state index in [0.29, 0.717) is 5.82 Å². The van der Waals surface area contributed by atoms with Crippen molar-refractivity contribution < 1.29 is 0 Å². The molecule has 4 heterocycles. The summed E-state index contributed by atoms with van der Waals surface area (Å²) in [6.45, 7) is 0. The fourth-order valence-electron chi connectivity index (χ4n) is 6.52. The van der Waals surface area contributed by atoms with Crippen LogP contribution in [0.5, 0.6) is 0 Å². The Morgan fingerprint density at radius 3 is 1.56 bits per heavy atom. The Balaban J connectivity index is 1.05. The van der Waals surface area contributed by atoms with Gasteiger partial charge in [-0.1, -0.05) is 146 Å². The molecule has 0 spiro atoms. The molecule has 0 bridgehead atoms. The van der Waals surface area contributed by atoms with Crippen molar-refractivity contribution in [2.45, 2.75) is 0 Å². The molecule has 0 saturated carbocycles. The van der Waals surface area contributed by atoms with Crippen LogP contribution in [-0.4, -0.2) is 24.9 Å². The minimum absolute atomic E-state index is 0.699. The van der Waals surface area contributed by atoms with E-state index in [1.54, 1.807) is 0 Å². The summed E-state index contributed by atoms with van der Waals surface area (Å²) in [5.41, 5.74) is 12.3. The van der Waals surface area contributed by atoms with Crippen molar-refractivity contribution in [3.8, 4) is 78.9 Å². The van der Waals surface area contributed by atoms with Crippen LogP contribution in [-0.2, 0) is 0 Å². The van der Waals surface area contributed by atoms with E-state index in [1.165, 1.54) is 0 Å². The number of nitrogens with zero attached hydrogens (tertiary/aromatic N) is 5. The molecule has 0 fully saturated rings. The van der Waals surface area contributed by atoms with Gasteiger partial charge in [-0.2, -0.15) is 0 Å². The molecule has 244 valence electrons. The van der Waals surface area contributed by atoms with Crippen LogP contribution in [0.1, 0.15) is 0 Å². The van der Waals surface area contributed by atoms with E-state index in [-0.39, 0.29) is 0 Å². The second kappa shape index (κ2) is 13.7. The minimum atomic E-state index is 0.699. The maximum absolute atomic E-state index is 5.12. The molecule has 0 unspecified atom stereocenters. The van der Waals surface area contributed by atoms with Gasteiger partial charge in [0.2, 0.25) is 0 Å². The van der Waals surface area contributed by atoms with Gasteiger partial charge >= 0.3 is 0 Å². The third-order valence-electron chi connectivity index (χ3n) is 9.22. The van der Waals surface area contributed by atoms with Gasteiger partial charge in [0.15, 0.2) is 5.82 Å². The zero-order valence-corrected chi connectivity index (χ0v) is 28.1. The third kappa shape index (κ3) is 6.23. The number of fused-ring (bicyclic) bond motifs is 1. The van der Waals surface area contributed by atoms with Crippen molar-refractivity contribution in [2.24, 2.45) is 0 Å². The molecule has 0 saturated heterocycles. The second-order valence-corrected chi connectivity index (χ2v) is 12.6. The number of rotatable bonds is 7. The van der Waals surface area contributed by atoms with Crippen LogP contribution in [0, 0.1) is 0 Å². The summed E-state index contributed by atoms with van der Waals surface area (Å²) in [4.78, 5) is 24.7. The van der Waals surface area contributed by atoms with Gasteiger partial charge in [-0.3, -0.25) is 9.97 Å². The van der Waals surface area contributed by atoms with Crippen LogP contribution in [0.4, 0.5) is 0 Å². The number of benzene rings is 5. The first kappa shape index (κ1) is 30.9. The molecule has 5 heteroatoms. The van der Waals surface area contributed by atoms with Crippen LogP contribution in [0.3, 0.4) is 0 Å². The zero-order chi connectivity index (χ0) is 34.7. The SMILES string of the molecule is c1ccc(-c2cc(-c3ccc(-c4ccc(-c5cc(-c6ccccc6)nc(-c6ccccc6)n5)cc4)cn3)nc(-c3nccc4ccccc34)c2)cc1. The van der Waals surface area contributed by atoms with Crippen molar-refractivity contribution >= 4 is 10.8 Å². The lowest BCUT2D eigenvalue weighted by atomic mass is 10.0. The summed E-state index contributed by atoms with van der Waals surface area (Å²) in [5.74, 6) is 0.699. The fraction of sp³-hybridized carbons (Fsp3) is 0. The molecule has 0 aliphatic carbocycles. The predicted octanol–water partition coefficient (Wildman–Crippen LogP) is 11.5. The Morgan fingerprint density at radius 2 is 0.865 bits per heavy atom. The zero-order valence-electron chi connectivity index (χ0n) is 28.1. The Morgan fingerprint density at radius 1 is 0.308 bits per heavy atom. The first-order chi connectivity index (χ1) is 25.7. The molecule has 9 rings (SSSR count). The molecule has 52 heavy (non-hydrogen) atoms. The molecule has 0 amide bonds. The number of aromatic nitrogens is 5. The molecular weight excluding hydrogens is 635 g/mol. The van der Waals surface area contributed by atoms with Crippen molar-refractivity contribution in [1.82, 2.24) is 24.9 Å². The molecule has 0 atom stereocenters. The maximum atomic E-state index is 5.12. The standard InChI is InChI=1S/C47H31N5/c1-4-12-32(13-5-1)39-28-44(50-45(29-39)46-40-19-11-10-14-34(40)26-27-48-46)41-25-24-38(31-49-41)33-20-22-36(23-21-33)43-30-42(35-15-6-2-7-16-35)51-47(52-43)37-17-8-3-9-18-37/h1-31H. The van der Waals surface area contributed by atoms with E-state index in [4.69, 9.17) is 24.9 Å². The van der Waals surface area contributed by atoms with Crippen molar-refractivity contribution in [2.75, 3.05) is 0 Å². The molecule has 5 nitrogen and oxygen atoms in total. The lowest BCUT2D eigenvalue weighted by Crippen LogP contribution is -1.96. The van der Waals surface area contributed by atoms with Crippen molar-refractivity contribution in [3.05, 3.63) is 188 Å². The lowest BCUT2D eigenvalue weighted by Gasteiger charge is -2.12. The Bertz CT molecular complexity index is 2580. The Hall–Kier alpha value is -7.11. The Labute approximate surface area is 302 Å². The molecule has 0 radical (unpaired) electrons. The van der Waals surface area contributed by atoms with Gasteiger partial charge in [-0.15, -0.1) is 0 Å². The molecule has 0 aliphatic heterocycles.